The van der Waals surface area contributed by atoms with E-state index in [1.807, 2.05) is 11.0 Å². The molecule has 1 saturated carbocycles. The molecule has 1 saturated heterocycles. The average molecular weight is 323 g/mol. The van der Waals surface area contributed by atoms with Crippen LogP contribution >= 0.6 is 0 Å². The Balaban J connectivity index is 1.96. The van der Waals surface area contributed by atoms with E-state index in [0.717, 1.165) is 12.8 Å². The van der Waals surface area contributed by atoms with Gasteiger partial charge in [0.2, 0.25) is 5.91 Å². The van der Waals surface area contributed by atoms with Crippen molar-refractivity contribution in [3.8, 4) is 0 Å². The zero-order valence-electron chi connectivity index (χ0n) is 14.1. The summed E-state index contributed by atoms with van der Waals surface area (Å²) < 4.78 is 5.48. The smallest absolute Gasteiger partial charge is 0.314 e. The summed E-state index contributed by atoms with van der Waals surface area (Å²) in [5.41, 5.74) is -0.0492. The van der Waals surface area contributed by atoms with E-state index in [4.69, 9.17) is 4.74 Å². The monoisotopic (exact) mass is 323 g/mol. The second kappa shape index (κ2) is 8.34. The number of amides is 3. The Bertz CT molecular complexity index is 433. The SMILES string of the molecule is C=CC1(CC(=O)N2CCOCC2CNC(=O)NC)CCCCC1. The molecule has 0 spiro atoms. The summed E-state index contributed by atoms with van der Waals surface area (Å²) in [4.78, 5) is 26.1. The summed E-state index contributed by atoms with van der Waals surface area (Å²) in [6.45, 7) is 6.01. The number of carbonyl (C=O) groups excluding carboxylic acids is 2. The van der Waals surface area contributed by atoms with Gasteiger partial charge in [0, 0.05) is 26.6 Å². The summed E-state index contributed by atoms with van der Waals surface area (Å²) in [6, 6.07) is -0.336. The van der Waals surface area contributed by atoms with Gasteiger partial charge in [-0.05, 0) is 18.3 Å². The molecule has 2 fully saturated rings. The van der Waals surface area contributed by atoms with Crippen molar-refractivity contribution in [2.75, 3.05) is 33.4 Å². The molecule has 2 N–H and O–H groups in total. The summed E-state index contributed by atoms with van der Waals surface area (Å²) in [7, 11) is 1.58. The van der Waals surface area contributed by atoms with Gasteiger partial charge in [0.05, 0.1) is 19.3 Å². The van der Waals surface area contributed by atoms with Gasteiger partial charge in [-0.2, -0.15) is 0 Å². The number of rotatable bonds is 5. The van der Waals surface area contributed by atoms with Crippen molar-refractivity contribution < 1.29 is 14.3 Å². The largest absolute Gasteiger partial charge is 0.377 e. The van der Waals surface area contributed by atoms with Crippen LogP contribution in [0.5, 0.6) is 0 Å². The molecule has 2 aliphatic rings. The van der Waals surface area contributed by atoms with Crippen molar-refractivity contribution in [1.82, 2.24) is 15.5 Å². The van der Waals surface area contributed by atoms with Crippen LogP contribution < -0.4 is 10.6 Å². The lowest BCUT2D eigenvalue weighted by Crippen LogP contribution is -2.55. The van der Waals surface area contributed by atoms with Crippen LogP contribution in [0.2, 0.25) is 0 Å². The highest BCUT2D eigenvalue weighted by Gasteiger charge is 2.35. The van der Waals surface area contributed by atoms with Gasteiger partial charge < -0.3 is 20.3 Å². The van der Waals surface area contributed by atoms with Gasteiger partial charge in [-0.15, -0.1) is 6.58 Å². The van der Waals surface area contributed by atoms with Crippen molar-refractivity contribution in [3.05, 3.63) is 12.7 Å². The van der Waals surface area contributed by atoms with E-state index in [1.54, 1.807) is 7.05 Å². The first-order valence-electron chi connectivity index (χ1n) is 8.56. The highest BCUT2D eigenvalue weighted by atomic mass is 16.5. The van der Waals surface area contributed by atoms with E-state index in [0.29, 0.717) is 32.7 Å². The topological polar surface area (TPSA) is 70.7 Å². The molecule has 6 nitrogen and oxygen atoms in total. The molecule has 0 aromatic carbocycles. The molecule has 1 unspecified atom stereocenters. The molecular formula is C17H29N3O3. The van der Waals surface area contributed by atoms with Crippen molar-refractivity contribution in [2.45, 2.75) is 44.6 Å². The number of hydrogen-bond acceptors (Lipinski definition) is 3. The highest BCUT2D eigenvalue weighted by molar-refractivity contribution is 5.78. The number of morpholine rings is 1. The Kier molecular flexibility index (Phi) is 6.45. The molecule has 1 atom stereocenters. The lowest BCUT2D eigenvalue weighted by Gasteiger charge is -2.40. The van der Waals surface area contributed by atoms with Crippen molar-refractivity contribution >= 4 is 11.9 Å². The zero-order valence-corrected chi connectivity index (χ0v) is 14.1. The second-order valence-corrected chi connectivity index (χ2v) is 6.58. The Morgan fingerprint density at radius 2 is 2.09 bits per heavy atom. The summed E-state index contributed by atoms with van der Waals surface area (Å²) in [6.07, 6.45) is 8.20. The van der Waals surface area contributed by atoms with Crippen LogP contribution in [0.4, 0.5) is 4.79 Å². The fraction of sp³-hybridized carbons (Fsp3) is 0.765. The maximum atomic E-state index is 12.8. The van der Waals surface area contributed by atoms with Crippen LogP contribution in [0.25, 0.3) is 0 Å². The Morgan fingerprint density at radius 1 is 1.35 bits per heavy atom. The third-order valence-corrected chi connectivity index (χ3v) is 5.06. The first-order chi connectivity index (χ1) is 11.1. The maximum Gasteiger partial charge on any atom is 0.314 e. The first-order valence-corrected chi connectivity index (χ1v) is 8.56. The molecule has 0 aromatic heterocycles. The number of allylic oxidation sites excluding steroid dienone is 1. The van der Waals surface area contributed by atoms with Crippen LogP contribution in [0.15, 0.2) is 12.7 Å². The molecule has 1 heterocycles. The molecular weight excluding hydrogens is 294 g/mol. The molecule has 1 aliphatic heterocycles. The number of nitrogens with zero attached hydrogens (tertiary/aromatic N) is 1. The molecule has 130 valence electrons. The predicted molar refractivity (Wildman–Crippen MR) is 89.1 cm³/mol. The number of hydrogen-bond donors (Lipinski definition) is 2. The van der Waals surface area contributed by atoms with E-state index < -0.39 is 0 Å². The van der Waals surface area contributed by atoms with Crippen LogP contribution in [0.3, 0.4) is 0 Å². The molecule has 0 radical (unpaired) electrons. The number of urea groups is 1. The van der Waals surface area contributed by atoms with E-state index in [1.165, 1.54) is 19.3 Å². The van der Waals surface area contributed by atoms with Crippen molar-refractivity contribution in [3.63, 3.8) is 0 Å². The van der Waals surface area contributed by atoms with Crippen LogP contribution in [-0.2, 0) is 9.53 Å². The molecule has 0 aromatic rings. The van der Waals surface area contributed by atoms with Gasteiger partial charge >= 0.3 is 6.03 Å². The quantitative estimate of drug-likeness (QED) is 0.756. The minimum Gasteiger partial charge on any atom is -0.377 e. The number of nitrogens with one attached hydrogen (secondary N) is 2. The minimum absolute atomic E-state index is 0.0492. The standard InChI is InChI=1S/C17H29N3O3/c1-3-17(7-5-4-6-8-17)11-15(21)20-9-10-23-13-14(20)12-19-16(22)18-2/h3,14H,1,4-13H2,2H3,(H2,18,19,22). The Hall–Kier alpha value is -1.56. The lowest BCUT2D eigenvalue weighted by atomic mass is 9.71. The predicted octanol–water partition coefficient (Wildman–Crippen LogP) is 1.67. The first kappa shape index (κ1) is 17.8. The number of ether oxygens (including phenoxy) is 1. The molecule has 23 heavy (non-hydrogen) atoms. The minimum atomic E-state index is -0.238. The third kappa shape index (κ3) is 4.70. The molecule has 2 rings (SSSR count). The van der Waals surface area contributed by atoms with E-state index in [2.05, 4.69) is 17.2 Å². The fourth-order valence-electron chi connectivity index (χ4n) is 3.56. The summed E-state index contributed by atoms with van der Waals surface area (Å²) in [5.74, 6) is 0.152. The molecule has 6 heteroatoms. The normalized spacial score (nSPS) is 23.9. The van der Waals surface area contributed by atoms with Gasteiger partial charge in [-0.3, -0.25) is 4.79 Å². The molecule has 3 amide bonds. The van der Waals surface area contributed by atoms with Gasteiger partial charge in [-0.25, -0.2) is 4.79 Å². The third-order valence-electron chi connectivity index (χ3n) is 5.06. The van der Waals surface area contributed by atoms with Crippen molar-refractivity contribution in [1.29, 1.82) is 0 Å². The van der Waals surface area contributed by atoms with Crippen molar-refractivity contribution in [2.24, 2.45) is 5.41 Å². The Morgan fingerprint density at radius 3 is 2.74 bits per heavy atom. The fourth-order valence-corrected chi connectivity index (χ4v) is 3.56. The van der Waals surface area contributed by atoms with E-state index >= 15 is 0 Å². The maximum absolute atomic E-state index is 12.8. The average Bonchev–Trinajstić information content (AvgIpc) is 2.60. The summed E-state index contributed by atoms with van der Waals surface area (Å²) >= 11 is 0. The van der Waals surface area contributed by atoms with E-state index in [9.17, 15) is 9.59 Å². The molecule has 0 bridgehead atoms. The number of carbonyl (C=O) groups is 2. The van der Waals surface area contributed by atoms with Gasteiger partial charge in [-0.1, -0.05) is 25.3 Å². The Labute approximate surface area is 138 Å². The highest BCUT2D eigenvalue weighted by Crippen LogP contribution is 2.40. The lowest BCUT2D eigenvalue weighted by molar-refractivity contribution is -0.142. The van der Waals surface area contributed by atoms with E-state index in [-0.39, 0.29) is 23.4 Å². The summed E-state index contributed by atoms with van der Waals surface area (Å²) in [5, 5.41) is 5.29. The van der Waals surface area contributed by atoms with Gasteiger partial charge in [0.15, 0.2) is 0 Å². The van der Waals surface area contributed by atoms with Crippen LogP contribution in [0.1, 0.15) is 38.5 Å². The van der Waals surface area contributed by atoms with Gasteiger partial charge in [0.25, 0.3) is 0 Å². The van der Waals surface area contributed by atoms with Crippen LogP contribution in [-0.4, -0.2) is 56.2 Å². The van der Waals surface area contributed by atoms with Gasteiger partial charge in [0.1, 0.15) is 0 Å². The molecule has 1 aliphatic carbocycles. The second-order valence-electron chi connectivity index (χ2n) is 6.58. The van der Waals surface area contributed by atoms with Crippen LogP contribution in [0, 0.1) is 5.41 Å². The zero-order chi connectivity index (χ0) is 16.7.